The fraction of sp³-hybridized carbons (Fsp3) is 0.667. The van der Waals surface area contributed by atoms with Crippen LogP contribution in [0.1, 0.15) is 52.6 Å². The molecule has 0 spiro atoms. The lowest BCUT2D eigenvalue weighted by molar-refractivity contribution is 0.177. The summed E-state index contributed by atoms with van der Waals surface area (Å²) in [6.07, 6.45) is 1.31. The van der Waals surface area contributed by atoms with Crippen molar-refractivity contribution >= 4 is 11.8 Å². The van der Waals surface area contributed by atoms with Crippen LogP contribution in [0.4, 0.5) is 0 Å². The molecular formula is C18H29NS. The third kappa shape index (κ3) is 3.79. The Labute approximate surface area is 128 Å². The van der Waals surface area contributed by atoms with E-state index >= 15 is 0 Å². The molecule has 112 valence electrons. The lowest BCUT2D eigenvalue weighted by Gasteiger charge is -2.44. The van der Waals surface area contributed by atoms with Gasteiger partial charge in [-0.05, 0) is 28.6 Å². The van der Waals surface area contributed by atoms with Crippen LogP contribution in [0.15, 0.2) is 30.3 Å². The standard InChI is InChI=1S/C18H29NS/c1-17(2,3)16(14-9-7-6-8-10-14)19-15-13-20-12-11-18(15,4)5/h6-10,15-16,19H,11-13H2,1-5H3. The Kier molecular flexibility index (Phi) is 4.86. The van der Waals surface area contributed by atoms with Gasteiger partial charge in [0.1, 0.15) is 0 Å². The van der Waals surface area contributed by atoms with E-state index in [4.69, 9.17) is 0 Å². The van der Waals surface area contributed by atoms with Crippen molar-refractivity contribution in [2.45, 2.75) is 53.1 Å². The van der Waals surface area contributed by atoms with Crippen molar-refractivity contribution in [1.29, 1.82) is 0 Å². The summed E-state index contributed by atoms with van der Waals surface area (Å²) in [6.45, 7) is 11.8. The second-order valence-corrected chi connectivity index (χ2v) is 8.89. The van der Waals surface area contributed by atoms with Gasteiger partial charge in [0, 0.05) is 17.8 Å². The minimum Gasteiger partial charge on any atom is -0.305 e. The molecule has 0 radical (unpaired) electrons. The largest absolute Gasteiger partial charge is 0.305 e. The second-order valence-electron chi connectivity index (χ2n) is 7.74. The summed E-state index contributed by atoms with van der Waals surface area (Å²) in [4.78, 5) is 0. The first-order valence-corrected chi connectivity index (χ1v) is 8.85. The molecule has 1 heterocycles. The fourth-order valence-corrected chi connectivity index (χ4v) is 4.52. The van der Waals surface area contributed by atoms with Crippen molar-refractivity contribution in [3.63, 3.8) is 0 Å². The van der Waals surface area contributed by atoms with Crippen molar-refractivity contribution < 1.29 is 0 Å². The summed E-state index contributed by atoms with van der Waals surface area (Å²) < 4.78 is 0. The summed E-state index contributed by atoms with van der Waals surface area (Å²) in [5.41, 5.74) is 2.02. The van der Waals surface area contributed by atoms with Crippen molar-refractivity contribution in [3.8, 4) is 0 Å². The first-order chi connectivity index (χ1) is 9.31. The smallest absolute Gasteiger partial charge is 0.0371 e. The molecule has 1 N–H and O–H groups in total. The highest BCUT2D eigenvalue weighted by Crippen LogP contribution is 2.39. The van der Waals surface area contributed by atoms with Crippen LogP contribution < -0.4 is 5.32 Å². The maximum atomic E-state index is 3.98. The van der Waals surface area contributed by atoms with Gasteiger partial charge in [0.15, 0.2) is 0 Å². The lowest BCUT2D eigenvalue weighted by Crippen LogP contribution is -2.50. The van der Waals surface area contributed by atoms with Gasteiger partial charge in [0.05, 0.1) is 0 Å². The molecule has 2 heteroatoms. The fourth-order valence-electron chi connectivity index (χ4n) is 2.90. The highest BCUT2D eigenvalue weighted by molar-refractivity contribution is 7.99. The topological polar surface area (TPSA) is 12.0 Å². The number of thioether (sulfide) groups is 1. The Balaban J connectivity index is 2.21. The van der Waals surface area contributed by atoms with Gasteiger partial charge in [-0.15, -0.1) is 0 Å². The normalized spacial score (nSPS) is 24.4. The Morgan fingerprint density at radius 3 is 2.40 bits per heavy atom. The number of benzene rings is 1. The molecule has 0 bridgehead atoms. The van der Waals surface area contributed by atoms with Gasteiger partial charge >= 0.3 is 0 Å². The van der Waals surface area contributed by atoms with Crippen LogP contribution in [-0.4, -0.2) is 17.5 Å². The monoisotopic (exact) mass is 291 g/mol. The van der Waals surface area contributed by atoms with E-state index in [1.54, 1.807) is 0 Å². The predicted molar refractivity (Wildman–Crippen MR) is 91.3 cm³/mol. The molecular weight excluding hydrogens is 262 g/mol. The van der Waals surface area contributed by atoms with Gasteiger partial charge in [0.25, 0.3) is 0 Å². The molecule has 0 saturated carbocycles. The Bertz CT molecular complexity index is 419. The highest BCUT2D eigenvalue weighted by atomic mass is 32.2. The third-order valence-corrected chi connectivity index (χ3v) is 5.55. The second kappa shape index (κ2) is 6.11. The van der Waals surface area contributed by atoms with E-state index in [1.807, 2.05) is 0 Å². The Morgan fingerprint density at radius 2 is 1.85 bits per heavy atom. The quantitative estimate of drug-likeness (QED) is 0.850. The first kappa shape index (κ1) is 15.9. The van der Waals surface area contributed by atoms with E-state index in [0.29, 0.717) is 17.5 Å². The van der Waals surface area contributed by atoms with Crippen LogP contribution >= 0.6 is 11.8 Å². The molecule has 1 aliphatic rings. The summed E-state index contributed by atoms with van der Waals surface area (Å²) in [5, 5.41) is 3.98. The van der Waals surface area contributed by atoms with Crippen LogP contribution in [0.3, 0.4) is 0 Å². The molecule has 0 aliphatic carbocycles. The van der Waals surface area contributed by atoms with Gasteiger partial charge < -0.3 is 5.32 Å². The van der Waals surface area contributed by atoms with Gasteiger partial charge in [0.2, 0.25) is 0 Å². The minimum absolute atomic E-state index is 0.222. The van der Waals surface area contributed by atoms with Crippen molar-refractivity contribution in [1.82, 2.24) is 5.32 Å². The van der Waals surface area contributed by atoms with Crippen molar-refractivity contribution in [3.05, 3.63) is 35.9 Å². The number of nitrogens with one attached hydrogen (secondary N) is 1. The molecule has 0 amide bonds. The van der Waals surface area contributed by atoms with Crippen LogP contribution in [-0.2, 0) is 0 Å². The van der Waals surface area contributed by atoms with E-state index in [2.05, 4.69) is 82.0 Å². The zero-order valence-corrected chi connectivity index (χ0v) is 14.4. The molecule has 1 saturated heterocycles. The molecule has 2 atom stereocenters. The van der Waals surface area contributed by atoms with Gasteiger partial charge in [-0.3, -0.25) is 0 Å². The molecule has 1 aliphatic heterocycles. The zero-order chi connectivity index (χ0) is 14.8. The molecule has 20 heavy (non-hydrogen) atoms. The van der Waals surface area contributed by atoms with Crippen molar-refractivity contribution in [2.24, 2.45) is 10.8 Å². The maximum absolute atomic E-state index is 3.98. The average Bonchev–Trinajstić information content (AvgIpc) is 2.36. The highest BCUT2D eigenvalue weighted by Gasteiger charge is 2.36. The summed E-state index contributed by atoms with van der Waals surface area (Å²) in [7, 11) is 0. The number of rotatable bonds is 3. The van der Waals surface area contributed by atoms with Gasteiger partial charge in [-0.25, -0.2) is 0 Å². The first-order valence-electron chi connectivity index (χ1n) is 7.69. The minimum atomic E-state index is 0.222. The van der Waals surface area contributed by atoms with Gasteiger partial charge in [-0.1, -0.05) is 65.0 Å². The van der Waals surface area contributed by atoms with Gasteiger partial charge in [-0.2, -0.15) is 11.8 Å². The van der Waals surface area contributed by atoms with Crippen LogP contribution in [0.25, 0.3) is 0 Å². The van der Waals surface area contributed by atoms with Crippen molar-refractivity contribution in [2.75, 3.05) is 11.5 Å². The maximum Gasteiger partial charge on any atom is 0.0371 e. The molecule has 1 fully saturated rings. The zero-order valence-electron chi connectivity index (χ0n) is 13.6. The van der Waals surface area contributed by atoms with E-state index in [0.717, 1.165) is 0 Å². The number of hydrogen-bond donors (Lipinski definition) is 1. The molecule has 2 unspecified atom stereocenters. The Morgan fingerprint density at radius 1 is 1.20 bits per heavy atom. The molecule has 1 aromatic rings. The predicted octanol–water partition coefficient (Wildman–Crippen LogP) is 4.90. The van der Waals surface area contributed by atoms with E-state index in [9.17, 15) is 0 Å². The van der Waals surface area contributed by atoms with E-state index in [1.165, 1.54) is 23.5 Å². The average molecular weight is 292 g/mol. The molecule has 1 aromatic carbocycles. The summed E-state index contributed by atoms with van der Waals surface area (Å²) >= 11 is 2.09. The summed E-state index contributed by atoms with van der Waals surface area (Å²) in [5.74, 6) is 2.53. The van der Waals surface area contributed by atoms with Crippen LogP contribution in [0, 0.1) is 10.8 Å². The Hall–Kier alpha value is -0.470. The number of hydrogen-bond acceptors (Lipinski definition) is 2. The lowest BCUT2D eigenvalue weighted by atomic mass is 9.78. The third-order valence-electron chi connectivity index (χ3n) is 4.49. The van der Waals surface area contributed by atoms with Crippen LogP contribution in [0.5, 0.6) is 0 Å². The SMILES string of the molecule is CC(C)(C)C(NC1CSCCC1(C)C)c1ccccc1. The molecule has 1 nitrogen and oxygen atoms in total. The van der Waals surface area contributed by atoms with Crippen LogP contribution in [0.2, 0.25) is 0 Å². The molecule has 0 aromatic heterocycles. The molecule has 2 rings (SSSR count). The summed E-state index contributed by atoms with van der Waals surface area (Å²) in [6, 6.07) is 11.9. The van der Waals surface area contributed by atoms with E-state index < -0.39 is 0 Å². The van der Waals surface area contributed by atoms with E-state index in [-0.39, 0.29) is 5.41 Å².